The summed E-state index contributed by atoms with van der Waals surface area (Å²) in [7, 11) is 0. The topological polar surface area (TPSA) is 19.0 Å². The van der Waals surface area contributed by atoms with Crippen molar-refractivity contribution in [3.05, 3.63) is 33.4 Å². The number of aryl methyl sites for hydroxylation is 1. The Kier molecular flexibility index (Phi) is 4.65. The number of hydrogen-bond acceptors (Lipinski definition) is 2. The normalized spacial score (nSPS) is 28.5. The Balaban J connectivity index is 1.60. The van der Waals surface area contributed by atoms with Gasteiger partial charge in [0.25, 0.3) is 0 Å². The highest BCUT2D eigenvalue weighted by molar-refractivity contribution is 9.10. The summed E-state index contributed by atoms with van der Waals surface area (Å²) in [5.41, 5.74) is 6.05. The molecule has 4 heteroatoms. The molecule has 1 aromatic heterocycles. The van der Waals surface area contributed by atoms with E-state index in [-0.39, 0.29) is 0 Å². The van der Waals surface area contributed by atoms with E-state index >= 15 is 0 Å². The Hall–Kier alpha value is -0.450. The van der Waals surface area contributed by atoms with E-state index in [9.17, 15) is 0 Å². The van der Waals surface area contributed by atoms with E-state index in [4.69, 9.17) is 0 Å². The van der Waals surface area contributed by atoms with Gasteiger partial charge in [-0.2, -0.15) is 11.8 Å². The number of nitrogens with one attached hydrogen (secondary N) is 1. The van der Waals surface area contributed by atoms with Gasteiger partial charge in [-0.05, 0) is 79.2 Å². The number of rotatable bonds is 5. The fourth-order valence-corrected chi connectivity index (χ4v) is 6.79. The second-order valence-corrected chi connectivity index (χ2v) is 10.5. The van der Waals surface area contributed by atoms with E-state index in [0.717, 1.165) is 18.3 Å². The van der Waals surface area contributed by atoms with Crippen molar-refractivity contribution in [2.45, 2.75) is 51.0 Å². The Bertz CT molecular complexity index is 825. The van der Waals surface area contributed by atoms with E-state index in [0.29, 0.717) is 12.0 Å². The molecule has 1 saturated carbocycles. The molecule has 0 bridgehead atoms. The van der Waals surface area contributed by atoms with E-state index in [1.54, 1.807) is 16.5 Å². The molecule has 1 N–H and O–H groups in total. The van der Waals surface area contributed by atoms with Crippen LogP contribution >= 0.6 is 27.7 Å². The zero-order chi connectivity index (χ0) is 17.8. The number of halogens is 1. The van der Waals surface area contributed by atoms with E-state index in [1.165, 1.54) is 60.2 Å². The van der Waals surface area contributed by atoms with Crippen molar-refractivity contribution in [3.8, 4) is 0 Å². The van der Waals surface area contributed by atoms with Gasteiger partial charge in [0.05, 0.1) is 0 Å². The van der Waals surface area contributed by atoms with E-state index in [1.807, 2.05) is 11.8 Å². The monoisotopic (exact) mass is 432 g/mol. The number of thioether (sulfide) groups is 1. The van der Waals surface area contributed by atoms with Crippen LogP contribution in [0, 0.1) is 11.8 Å². The van der Waals surface area contributed by atoms with Crippen molar-refractivity contribution < 1.29 is 0 Å². The molecular formula is C22H29BrN2S. The maximum Gasteiger partial charge on any atom is 0.0473 e. The molecule has 0 amide bonds. The number of piperidine rings is 1. The minimum atomic E-state index is 0.702. The third-order valence-corrected chi connectivity index (χ3v) is 8.12. The molecule has 2 aliphatic carbocycles. The Morgan fingerprint density at radius 3 is 2.85 bits per heavy atom. The molecule has 3 aliphatic rings. The van der Waals surface area contributed by atoms with E-state index < -0.39 is 0 Å². The molecule has 5 rings (SSSR count). The number of H-pyrrole nitrogens is 1. The molecule has 2 fully saturated rings. The van der Waals surface area contributed by atoms with Gasteiger partial charge in [-0.25, -0.2) is 0 Å². The fourth-order valence-electron chi connectivity index (χ4n) is 5.60. The largest absolute Gasteiger partial charge is 0.358 e. The molecule has 0 spiro atoms. The van der Waals surface area contributed by atoms with Crippen LogP contribution in [0.25, 0.3) is 10.9 Å². The highest BCUT2D eigenvalue weighted by Crippen LogP contribution is 2.48. The Morgan fingerprint density at radius 2 is 2.12 bits per heavy atom. The summed E-state index contributed by atoms with van der Waals surface area (Å²) in [6.07, 6.45) is 8.91. The molecule has 3 atom stereocenters. The maximum absolute atomic E-state index is 3.79. The standard InChI is InChI=1S/C22H29BrN2S/c1-3-19-18-9-21-16(17-7-15(23)8-20(24-19)22(17)18)6-14(12-26-2)11-25(21)10-13-4-5-13/h7-8,13-14,16,21,24H,3-6,9-12H2,1-2H3/t14-,16?,21-/m1/s1. The van der Waals surface area contributed by atoms with Crippen molar-refractivity contribution in [2.24, 2.45) is 11.8 Å². The first-order chi connectivity index (χ1) is 12.7. The predicted molar refractivity (Wildman–Crippen MR) is 116 cm³/mol. The van der Waals surface area contributed by atoms with Crippen molar-refractivity contribution in [1.82, 2.24) is 9.88 Å². The van der Waals surface area contributed by atoms with Gasteiger partial charge in [0, 0.05) is 46.1 Å². The molecule has 2 nitrogen and oxygen atoms in total. The van der Waals surface area contributed by atoms with Crippen LogP contribution < -0.4 is 0 Å². The first-order valence-electron chi connectivity index (χ1n) is 10.2. The lowest BCUT2D eigenvalue weighted by Crippen LogP contribution is -2.51. The summed E-state index contributed by atoms with van der Waals surface area (Å²) in [6, 6.07) is 5.43. The maximum atomic E-state index is 3.79. The zero-order valence-corrected chi connectivity index (χ0v) is 18.3. The van der Waals surface area contributed by atoms with Crippen LogP contribution in [-0.2, 0) is 12.8 Å². The van der Waals surface area contributed by atoms with Gasteiger partial charge < -0.3 is 4.98 Å². The molecule has 0 radical (unpaired) electrons. The highest BCUT2D eigenvalue weighted by Gasteiger charge is 2.42. The smallest absolute Gasteiger partial charge is 0.0473 e. The molecule has 1 aliphatic heterocycles. The minimum Gasteiger partial charge on any atom is -0.358 e. The summed E-state index contributed by atoms with van der Waals surface area (Å²) in [5, 5.41) is 1.56. The summed E-state index contributed by atoms with van der Waals surface area (Å²) >= 11 is 5.83. The van der Waals surface area contributed by atoms with Crippen LogP contribution in [0.2, 0.25) is 0 Å². The number of likely N-dealkylation sites (tertiary alicyclic amines) is 1. The predicted octanol–water partition coefficient (Wildman–Crippen LogP) is 5.60. The molecule has 2 heterocycles. The van der Waals surface area contributed by atoms with Gasteiger partial charge in [0.15, 0.2) is 0 Å². The van der Waals surface area contributed by atoms with Crippen LogP contribution in [-0.4, -0.2) is 41.0 Å². The molecule has 1 aromatic carbocycles. The molecular weight excluding hydrogens is 404 g/mol. The summed E-state index contributed by atoms with van der Waals surface area (Å²) in [6.45, 7) is 4.95. The third-order valence-electron chi connectivity index (χ3n) is 6.86. The summed E-state index contributed by atoms with van der Waals surface area (Å²) in [4.78, 5) is 6.65. The summed E-state index contributed by atoms with van der Waals surface area (Å²) in [5.74, 6) is 3.82. The van der Waals surface area contributed by atoms with E-state index in [2.05, 4.69) is 51.1 Å². The lowest BCUT2D eigenvalue weighted by Gasteiger charge is -2.47. The number of aromatic nitrogens is 1. The first kappa shape index (κ1) is 17.6. The van der Waals surface area contributed by atoms with Crippen molar-refractivity contribution in [3.63, 3.8) is 0 Å². The van der Waals surface area contributed by atoms with Gasteiger partial charge in [0.2, 0.25) is 0 Å². The van der Waals surface area contributed by atoms with Crippen LogP contribution in [0.3, 0.4) is 0 Å². The van der Waals surface area contributed by atoms with Crippen molar-refractivity contribution in [1.29, 1.82) is 0 Å². The minimum absolute atomic E-state index is 0.702. The lowest BCUT2D eigenvalue weighted by atomic mass is 9.72. The van der Waals surface area contributed by atoms with Crippen LogP contribution in [0.1, 0.15) is 48.9 Å². The van der Waals surface area contributed by atoms with Crippen LogP contribution in [0.4, 0.5) is 0 Å². The van der Waals surface area contributed by atoms with Crippen molar-refractivity contribution >= 4 is 38.6 Å². The molecule has 1 saturated heterocycles. The van der Waals surface area contributed by atoms with Gasteiger partial charge in [-0.15, -0.1) is 0 Å². The SMILES string of the molecule is CCc1[nH]c2cc(Br)cc3c2c1C[C@@H]1C3C[C@@H](CSC)CN1CC1CC1. The van der Waals surface area contributed by atoms with Gasteiger partial charge >= 0.3 is 0 Å². The fraction of sp³-hybridized carbons (Fsp3) is 0.636. The average molecular weight is 433 g/mol. The van der Waals surface area contributed by atoms with Crippen LogP contribution in [0.15, 0.2) is 16.6 Å². The molecule has 2 aromatic rings. The Labute approximate surface area is 169 Å². The number of fused-ring (bicyclic) bond motifs is 2. The third kappa shape index (κ3) is 2.97. The number of hydrogen-bond donors (Lipinski definition) is 1. The quantitative estimate of drug-likeness (QED) is 0.662. The lowest BCUT2D eigenvalue weighted by molar-refractivity contribution is 0.0876. The molecule has 140 valence electrons. The second kappa shape index (κ2) is 6.86. The second-order valence-electron chi connectivity index (χ2n) is 8.69. The van der Waals surface area contributed by atoms with Crippen LogP contribution in [0.5, 0.6) is 0 Å². The number of aromatic amines is 1. The van der Waals surface area contributed by atoms with Crippen molar-refractivity contribution in [2.75, 3.05) is 25.1 Å². The number of nitrogens with zero attached hydrogens (tertiary/aromatic N) is 1. The highest BCUT2D eigenvalue weighted by atomic mass is 79.9. The van der Waals surface area contributed by atoms with Gasteiger partial charge in [-0.1, -0.05) is 22.9 Å². The average Bonchev–Trinajstić information content (AvgIpc) is 3.36. The zero-order valence-electron chi connectivity index (χ0n) is 15.9. The Morgan fingerprint density at radius 1 is 1.27 bits per heavy atom. The first-order valence-corrected chi connectivity index (χ1v) is 12.4. The summed E-state index contributed by atoms with van der Waals surface area (Å²) < 4.78 is 1.23. The van der Waals surface area contributed by atoms with Gasteiger partial charge in [-0.3, -0.25) is 4.90 Å². The molecule has 1 unspecified atom stereocenters. The molecule has 26 heavy (non-hydrogen) atoms. The number of benzene rings is 1. The van der Waals surface area contributed by atoms with Gasteiger partial charge in [0.1, 0.15) is 0 Å².